The summed E-state index contributed by atoms with van der Waals surface area (Å²) in [4.78, 5) is 6.86. The van der Waals surface area contributed by atoms with E-state index in [2.05, 4.69) is 48.2 Å². The zero-order chi connectivity index (χ0) is 16.4. The molecule has 138 valence electrons. The van der Waals surface area contributed by atoms with Gasteiger partial charge in [-0.2, -0.15) is 0 Å². The minimum atomic E-state index is 0. The molecule has 23 heavy (non-hydrogen) atoms. The number of nitrogens with zero attached hydrogens (tertiary/aromatic N) is 2. The van der Waals surface area contributed by atoms with Crippen molar-refractivity contribution in [2.75, 3.05) is 39.8 Å². The number of halogens is 1. The third-order valence-corrected chi connectivity index (χ3v) is 4.32. The van der Waals surface area contributed by atoms with E-state index >= 15 is 0 Å². The first kappa shape index (κ1) is 22.9. The highest BCUT2D eigenvalue weighted by Gasteiger charge is 2.18. The molecule has 0 saturated carbocycles. The van der Waals surface area contributed by atoms with Gasteiger partial charge in [-0.25, -0.2) is 0 Å². The van der Waals surface area contributed by atoms with Gasteiger partial charge in [0.25, 0.3) is 0 Å². The van der Waals surface area contributed by atoms with Crippen molar-refractivity contribution in [1.29, 1.82) is 0 Å². The van der Waals surface area contributed by atoms with Crippen molar-refractivity contribution in [1.82, 2.24) is 15.5 Å². The molecule has 0 aromatic heterocycles. The number of likely N-dealkylation sites (N-methyl/N-ethyl adjacent to an activating group) is 1. The molecule has 1 aliphatic rings. The topological polar surface area (TPSA) is 48.9 Å². The molecule has 1 fully saturated rings. The molecule has 1 heterocycles. The molecule has 0 aliphatic carbocycles. The zero-order valence-electron chi connectivity index (χ0n) is 15.6. The van der Waals surface area contributed by atoms with Crippen molar-refractivity contribution >= 4 is 29.9 Å². The maximum atomic E-state index is 5.65. The van der Waals surface area contributed by atoms with E-state index in [9.17, 15) is 0 Å². The summed E-state index contributed by atoms with van der Waals surface area (Å²) >= 11 is 0. The van der Waals surface area contributed by atoms with Crippen molar-refractivity contribution in [3.8, 4) is 0 Å². The Morgan fingerprint density at radius 1 is 1.26 bits per heavy atom. The predicted octanol–water partition coefficient (Wildman–Crippen LogP) is 2.70. The Hall–Kier alpha value is -0.0800. The number of hydrogen-bond donors (Lipinski definition) is 2. The second-order valence-electron chi connectivity index (χ2n) is 6.47. The van der Waals surface area contributed by atoms with Gasteiger partial charge in [0.1, 0.15) is 0 Å². The van der Waals surface area contributed by atoms with E-state index in [1.807, 2.05) is 7.05 Å². The second-order valence-corrected chi connectivity index (χ2v) is 6.47. The van der Waals surface area contributed by atoms with Gasteiger partial charge in [-0.1, -0.05) is 27.7 Å². The van der Waals surface area contributed by atoms with E-state index in [1.54, 1.807) is 0 Å². The van der Waals surface area contributed by atoms with Gasteiger partial charge in [-0.05, 0) is 38.3 Å². The summed E-state index contributed by atoms with van der Waals surface area (Å²) in [7, 11) is 1.83. The van der Waals surface area contributed by atoms with Gasteiger partial charge in [-0.15, -0.1) is 24.0 Å². The van der Waals surface area contributed by atoms with Crippen LogP contribution in [0.4, 0.5) is 0 Å². The fourth-order valence-electron chi connectivity index (χ4n) is 3.10. The molecule has 6 heteroatoms. The molecule has 0 radical (unpaired) electrons. The van der Waals surface area contributed by atoms with Crippen LogP contribution < -0.4 is 10.6 Å². The minimum Gasteiger partial charge on any atom is -0.376 e. The molecule has 0 bridgehead atoms. The molecule has 0 spiro atoms. The van der Waals surface area contributed by atoms with Crippen LogP contribution in [-0.2, 0) is 4.74 Å². The molecule has 1 aliphatic heterocycles. The number of aliphatic imine (C=N–C) groups is 1. The van der Waals surface area contributed by atoms with E-state index in [4.69, 9.17) is 4.74 Å². The first-order valence-corrected chi connectivity index (χ1v) is 8.90. The SMILES string of the molecule is CCN(CC)C(CNC(=NC)NCC1CCCO1)CC(C)C.I. The summed E-state index contributed by atoms with van der Waals surface area (Å²) in [5, 5.41) is 6.88. The molecule has 2 atom stereocenters. The summed E-state index contributed by atoms with van der Waals surface area (Å²) < 4.78 is 5.65. The van der Waals surface area contributed by atoms with Crippen LogP contribution in [0.3, 0.4) is 0 Å². The third kappa shape index (κ3) is 9.10. The summed E-state index contributed by atoms with van der Waals surface area (Å²) in [6.45, 7) is 13.9. The quantitative estimate of drug-likeness (QED) is 0.329. The fourth-order valence-corrected chi connectivity index (χ4v) is 3.10. The smallest absolute Gasteiger partial charge is 0.191 e. The second kappa shape index (κ2) is 13.2. The van der Waals surface area contributed by atoms with Crippen molar-refractivity contribution in [3.05, 3.63) is 0 Å². The molecule has 2 N–H and O–H groups in total. The number of ether oxygens (including phenoxy) is 1. The number of hydrogen-bond acceptors (Lipinski definition) is 3. The first-order valence-electron chi connectivity index (χ1n) is 8.90. The lowest BCUT2D eigenvalue weighted by Crippen LogP contribution is -2.48. The van der Waals surface area contributed by atoms with Crippen LogP contribution in [0.1, 0.15) is 47.0 Å². The van der Waals surface area contributed by atoms with Gasteiger partial charge >= 0.3 is 0 Å². The monoisotopic (exact) mass is 440 g/mol. The Morgan fingerprint density at radius 2 is 1.96 bits per heavy atom. The Labute approximate surface area is 160 Å². The summed E-state index contributed by atoms with van der Waals surface area (Å²) in [5.41, 5.74) is 0. The lowest BCUT2D eigenvalue weighted by Gasteiger charge is -2.31. The number of guanidine groups is 1. The molecule has 0 aromatic carbocycles. The summed E-state index contributed by atoms with van der Waals surface area (Å²) in [5.74, 6) is 1.59. The highest BCUT2D eigenvalue weighted by atomic mass is 127. The van der Waals surface area contributed by atoms with Crippen LogP contribution >= 0.6 is 24.0 Å². The van der Waals surface area contributed by atoms with Gasteiger partial charge in [0.2, 0.25) is 0 Å². The average molecular weight is 440 g/mol. The lowest BCUT2D eigenvalue weighted by atomic mass is 10.0. The molecule has 1 saturated heterocycles. The van der Waals surface area contributed by atoms with Gasteiger partial charge in [0.05, 0.1) is 6.10 Å². The summed E-state index contributed by atoms with van der Waals surface area (Å²) in [6.07, 6.45) is 3.88. The minimum absolute atomic E-state index is 0. The molecule has 1 rings (SSSR count). The van der Waals surface area contributed by atoms with E-state index in [0.29, 0.717) is 18.1 Å². The Kier molecular flexibility index (Phi) is 13.2. The number of nitrogens with one attached hydrogen (secondary N) is 2. The van der Waals surface area contributed by atoms with Crippen LogP contribution in [0.15, 0.2) is 4.99 Å². The van der Waals surface area contributed by atoms with Gasteiger partial charge in [0, 0.05) is 32.8 Å². The molecular formula is C17H37IN4O. The van der Waals surface area contributed by atoms with Crippen molar-refractivity contribution in [2.45, 2.75) is 59.1 Å². The van der Waals surface area contributed by atoms with Gasteiger partial charge in [0.15, 0.2) is 5.96 Å². The van der Waals surface area contributed by atoms with Crippen molar-refractivity contribution < 1.29 is 4.74 Å². The Bertz CT molecular complexity index is 316. The average Bonchev–Trinajstić information content (AvgIpc) is 3.01. The lowest BCUT2D eigenvalue weighted by molar-refractivity contribution is 0.113. The predicted molar refractivity (Wildman–Crippen MR) is 110 cm³/mol. The largest absolute Gasteiger partial charge is 0.376 e. The van der Waals surface area contributed by atoms with E-state index in [0.717, 1.165) is 45.2 Å². The normalized spacial score (nSPS) is 19.8. The maximum Gasteiger partial charge on any atom is 0.191 e. The van der Waals surface area contributed by atoms with Crippen LogP contribution in [0.25, 0.3) is 0 Å². The van der Waals surface area contributed by atoms with Crippen LogP contribution in [-0.4, -0.2) is 62.8 Å². The van der Waals surface area contributed by atoms with Gasteiger partial charge in [-0.3, -0.25) is 9.89 Å². The van der Waals surface area contributed by atoms with Crippen LogP contribution in [0.5, 0.6) is 0 Å². The molecule has 2 unspecified atom stereocenters. The molecule has 0 aromatic rings. The van der Waals surface area contributed by atoms with E-state index in [1.165, 1.54) is 12.8 Å². The molecular weight excluding hydrogens is 403 g/mol. The summed E-state index contributed by atoms with van der Waals surface area (Å²) in [6, 6.07) is 0.552. The Balaban J connectivity index is 0.00000484. The van der Waals surface area contributed by atoms with Gasteiger partial charge < -0.3 is 15.4 Å². The standard InChI is InChI=1S/C17H36N4O.HI/c1-6-21(7-2)15(11-14(3)4)12-19-17(18-5)20-13-16-9-8-10-22-16;/h14-16H,6-13H2,1-5H3,(H2,18,19,20);1H. The van der Waals surface area contributed by atoms with Crippen molar-refractivity contribution in [2.24, 2.45) is 10.9 Å². The number of rotatable bonds is 9. The maximum absolute atomic E-state index is 5.65. The van der Waals surface area contributed by atoms with Crippen LogP contribution in [0, 0.1) is 5.92 Å². The Morgan fingerprint density at radius 3 is 2.43 bits per heavy atom. The third-order valence-electron chi connectivity index (χ3n) is 4.32. The highest BCUT2D eigenvalue weighted by molar-refractivity contribution is 14.0. The fraction of sp³-hybridized carbons (Fsp3) is 0.941. The molecule has 5 nitrogen and oxygen atoms in total. The van der Waals surface area contributed by atoms with Crippen molar-refractivity contribution in [3.63, 3.8) is 0 Å². The van der Waals surface area contributed by atoms with E-state index in [-0.39, 0.29) is 24.0 Å². The zero-order valence-corrected chi connectivity index (χ0v) is 17.9. The van der Waals surface area contributed by atoms with E-state index < -0.39 is 0 Å². The highest BCUT2D eigenvalue weighted by Crippen LogP contribution is 2.11. The molecule has 0 amide bonds. The van der Waals surface area contributed by atoms with Crippen LogP contribution in [0.2, 0.25) is 0 Å². The first-order chi connectivity index (χ1) is 10.6.